The highest BCUT2D eigenvalue weighted by molar-refractivity contribution is 5.88. The minimum absolute atomic E-state index is 0.0598. The average molecular weight is 255 g/mol. The Labute approximate surface area is 107 Å². The molecule has 1 aliphatic rings. The third kappa shape index (κ3) is 4.85. The molecule has 0 aromatic heterocycles. The Bertz CT molecular complexity index is 301. The number of hydrogen-bond acceptors (Lipinski definition) is 4. The molecule has 2 N–H and O–H groups in total. The second-order valence-corrected chi connectivity index (χ2v) is 4.15. The van der Waals surface area contributed by atoms with Crippen LogP contribution >= 0.6 is 0 Å². The third-order valence-electron chi connectivity index (χ3n) is 2.64. The molecule has 18 heavy (non-hydrogen) atoms. The zero-order valence-corrected chi connectivity index (χ0v) is 10.8. The zero-order valence-electron chi connectivity index (χ0n) is 10.8. The van der Waals surface area contributed by atoms with Crippen LogP contribution in [0.25, 0.3) is 0 Å². The van der Waals surface area contributed by atoms with Crippen LogP contribution in [0.15, 0.2) is 12.7 Å². The smallest absolute Gasteiger partial charge is 0.245 e. The van der Waals surface area contributed by atoms with Crippen LogP contribution in [-0.4, -0.2) is 62.1 Å². The van der Waals surface area contributed by atoms with Crippen molar-refractivity contribution in [2.24, 2.45) is 0 Å². The predicted molar refractivity (Wildman–Crippen MR) is 68.1 cm³/mol. The van der Waals surface area contributed by atoms with Gasteiger partial charge in [0.2, 0.25) is 11.8 Å². The van der Waals surface area contributed by atoms with E-state index in [1.54, 1.807) is 17.9 Å². The van der Waals surface area contributed by atoms with Crippen molar-refractivity contribution in [3.8, 4) is 0 Å². The van der Waals surface area contributed by atoms with Gasteiger partial charge in [-0.15, -0.1) is 6.58 Å². The lowest BCUT2D eigenvalue weighted by Crippen LogP contribution is -2.51. The Balaban J connectivity index is 2.29. The van der Waals surface area contributed by atoms with Gasteiger partial charge in [0.15, 0.2) is 0 Å². The molecule has 1 rings (SSSR count). The minimum Gasteiger partial charge on any atom is -0.378 e. The number of rotatable bonds is 6. The summed E-state index contributed by atoms with van der Waals surface area (Å²) < 4.78 is 5.18. The van der Waals surface area contributed by atoms with Gasteiger partial charge in [0.05, 0.1) is 19.8 Å². The number of nitrogens with one attached hydrogen (secondary N) is 2. The Kier molecular flexibility index (Phi) is 6.38. The topological polar surface area (TPSA) is 70.7 Å². The summed E-state index contributed by atoms with van der Waals surface area (Å²) in [4.78, 5) is 25.2. The molecule has 6 nitrogen and oxygen atoms in total. The normalized spacial score (nSPS) is 17.1. The fourth-order valence-electron chi connectivity index (χ4n) is 1.70. The monoisotopic (exact) mass is 255 g/mol. The third-order valence-corrected chi connectivity index (χ3v) is 2.64. The quantitative estimate of drug-likeness (QED) is 0.478. The van der Waals surface area contributed by atoms with Crippen molar-refractivity contribution in [2.45, 2.75) is 13.0 Å². The first-order chi connectivity index (χ1) is 8.65. The summed E-state index contributed by atoms with van der Waals surface area (Å²) in [6, 6.07) is -0.499. The van der Waals surface area contributed by atoms with E-state index in [2.05, 4.69) is 17.2 Å². The van der Waals surface area contributed by atoms with Gasteiger partial charge in [0, 0.05) is 19.6 Å². The molecule has 6 heteroatoms. The molecule has 0 aliphatic carbocycles. The number of nitrogens with zero attached hydrogens (tertiary/aromatic N) is 1. The zero-order chi connectivity index (χ0) is 13.4. The largest absolute Gasteiger partial charge is 0.378 e. The highest BCUT2D eigenvalue weighted by atomic mass is 16.5. The molecule has 1 atom stereocenters. The summed E-state index contributed by atoms with van der Waals surface area (Å²) in [5, 5.41) is 5.55. The molecule has 0 bridgehead atoms. The van der Waals surface area contributed by atoms with Gasteiger partial charge in [-0.3, -0.25) is 9.59 Å². The van der Waals surface area contributed by atoms with E-state index >= 15 is 0 Å². The molecule has 102 valence electrons. The van der Waals surface area contributed by atoms with Crippen molar-refractivity contribution >= 4 is 11.8 Å². The van der Waals surface area contributed by atoms with Crippen LogP contribution in [0.1, 0.15) is 6.92 Å². The molecule has 0 saturated carbocycles. The van der Waals surface area contributed by atoms with E-state index in [0.29, 0.717) is 32.8 Å². The van der Waals surface area contributed by atoms with Crippen molar-refractivity contribution in [3.05, 3.63) is 12.7 Å². The molecular weight excluding hydrogens is 234 g/mol. The SMILES string of the molecule is C=CCNCC(=O)NC(C)C(=O)N1CCOCC1. The van der Waals surface area contributed by atoms with Gasteiger partial charge < -0.3 is 20.3 Å². The van der Waals surface area contributed by atoms with Gasteiger partial charge in [0.1, 0.15) is 6.04 Å². The second kappa shape index (κ2) is 7.84. The van der Waals surface area contributed by atoms with Crippen LogP contribution in [0.3, 0.4) is 0 Å². The first kappa shape index (κ1) is 14.7. The number of hydrogen-bond donors (Lipinski definition) is 2. The molecule has 0 aromatic rings. The maximum atomic E-state index is 12.0. The first-order valence-electron chi connectivity index (χ1n) is 6.12. The van der Waals surface area contributed by atoms with Gasteiger partial charge in [0.25, 0.3) is 0 Å². The number of amides is 2. The average Bonchev–Trinajstić information content (AvgIpc) is 2.39. The maximum absolute atomic E-state index is 12.0. The van der Waals surface area contributed by atoms with E-state index in [0.717, 1.165) is 0 Å². The maximum Gasteiger partial charge on any atom is 0.245 e. The molecule has 2 amide bonds. The van der Waals surface area contributed by atoms with E-state index in [9.17, 15) is 9.59 Å². The Morgan fingerprint density at radius 3 is 2.72 bits per heavy atom. The summed E-state index contributed by atoms with van der Waals surface area (Å²) in [5.74, 6) is -0.249. The van der Waals surface area contributed by atoms with Crippen LogP contribution in [0.4, 0.5) is 0 Å². The summed E-state index contributed by atoms with van der Waals surface area (Å²) >= 11 is 0. The fraction of sp³-hybridized carbons (Fsp3) is 0.667. The lowest BCUT2D eigenvalue weighted by atomic mass is 10.2. The van der Waals surface area contributed by atoms with Crippen LogP contribution in [0.5, 0.6) is 0 Å². The van der Waals surface area contributed by atoms with Gasteiger partial charge in [-0.05, 0) is 6.92 Å². The van der Waals surface area contributed by atoms with Crippen LogP contribution < -0.4 is 10.6 Å². The van der Waals surface area contributed by atoms with E-state index in [1.807, 2.05) is 0 Å². The number of carbonyl (C=O) groups excluding carboxylic acids is 2. The minimum atomic E-state index is -0.499. The van der Waals surface area contributed by atoms with Crippen molar-refractivity contribution in [1.82, 2.24) is 15.5 Å². The van der Waals surface area contributed by atoms with Crippen LogP contribution in [0, 0.1) is 0 Å². The van der Waals surface area contributed by atoms with E-state index in [1.165, 1.54) is 0 Å². The summed E-state index contributed by atoms with van der Waals surface area (Å²) in [6.07, 6.45) is 1.68. The predicted octanol–water partition coefficient (Wildman–Crippen LogP) is -0.874. The summed E-state index contributed by atoms with van der Waals surface area (Å²) in [7, 11) is 0. The van der Waals surface area contributed by atoms with Gasteiger partial charge in [-0.2, -0.15) is 0 Å². The Morgan fingerprint density at radius 1 is 1.44 bits per heavy atom. The lowest BCUT2D eigenvalue weighted by molar-refractivity contribution is -0.139. The van der Waals surface area contributed by atoms with Crippen LogP contribution in [-0.2, 0) is 14.3 Å². The van der Waals surface area contributed by atoms with E-state index < -0.39 is 6.04 Å². The standard InChI is InChI=1S/C12H21N3O3/c1-3-4-13-9-11(16)14-10(2)12(17)15-5-7-18-8-6-15/h3,10,13H,1,4-9H2,2H3,(H,14,16). The molecule has 1 heterocycles. The van der Waals surface area contributed by atoms with Gasteiger partial charge in [-0.1, -0.05) is 6.08 Å². The van der Waals surface area contributed by atoms with Gasteiger partial charge >= 0.3 is 0 Å². The van der Waals surface area contributed by atoms with E-state index in [4.69, 9.17) is 4.74 Å². The van der Waals surface area contributed by atoms with Crippen molar-refractivity contribution in [2.75, 3.05) is 39.4 Å². The summed E-state index contributed by atoms with van der Waals surface area (Å²) in [6.45, 7) is 8.30. The molecule has 1 saturated heterocycles. The number of carbonyl (C=O) groups is 2. The Morgan fingerprint density at radius 2 is 2.11 bits per heavy atom. The second-order valence-electron chi connectivity index (χ2n) is 4.15. The Hall–Kier alpha value is -1.40. The highest BCUT2D eigenvalue weighted by Gasteiger charge is 2.23. The molecule has 1 fully saturated rings. The molecule has 1 unspecified atom stereocenters. The van der Waals surface area contributed by atoms with Gasteiger partial charge in [-0.25, -0.2) is 0 Å². The first-order valence-corrected chi connectivity index (χ1v) is 6.12. The molecule has 0 spiro atoms. The fourth-order valence-corrected chi connectivity index (χ4v) is 1.70. The van der Waals surface area contributed by atoms with Crippen LogP contribution in [0.2, 0.25) is 0 Å². The lowest BCUT2D eigenvalue weighted by Gasteiger charge is -2.29. The highest BCUT2D eigenvalue weighted by Crippen LogP contribution is 2.00. The van der Waals surface area contributed by atoms with Crippen molar-refractivity contribution in [1.29, 1.82) is 0 Å². The molecular formula is C12H21N3O3. The molecule has 0 radical (unpaired) electrons. The molecule has 1 aliphatic heterocycles. The summed E-state index contributed by atoms with van der Waals surface area (Å²) in [5.41, 5.74) is 0. The van der Waals surface area contributed by atoms with Crippen molar-refractivity contribution in [3.63, 3.8) is 0 Å². The van der Waals surface area contributed by atoms with E-state index in [-0.39, 0.29) is 18.4 Å². The number of morpholine rings is 1. The molecule has 0 aromatic carbocycles. The van der Waals surface area contributed by atoms with Crippen molar-refractivity contribution < 1.29 is 14.3 Å². The number of ether oxygens (including phenoxy) is 1.